The molecule has 0 aliphatic heterocycles. The zero-order chi connectivity index (χ0) is 13.6. The van der Waals surface area contributed by atoms with Crippen LogP contribution in [0.5, 0.6) is 0 Å². The lowest BCUT2D eigenvalue weighted by Gasteiger charge is -2.23. The zero-order valence-corrected chi connectivity index (χ0v) is 13.3. The van der Waals surface area contributed by atoms with Crippen molar-refractivity contribution < 1.29 is 0 Å². The van der Waals surface area contributed by atoms with Crippen molar-refractivity contribution in [2.45, 2.75) is 78.7 Å². The van der Waals surface area contributed by atoms with Gasteiger partial charge in [-0.2, -0.15) is 0 Å². The van der Waals surface area contributed by atoms with Crippen LogP contribution in [0.4, 0.5) is 0 Å². The van der Waals surface area contributed by atoms with Gasteiger partial charge in [0.05, 0.1) is 0 Å². The minimum Gasteiger partial charge on any atom is -0.314 e. The quantitative estimate of drug-likeness (QED) is 0.534. The third-order valence-corrected chi connectivity index (χ3v) is 3.67. The van der Waals surface area contributed by atoms with Crippen molar-refractivity contribution in [3.05, 3.63) is 0 Å². The van der Waals surface area contributed by atoms with E-state index in [-0.39, 0.29) is 0 Å². The lowest BCUT2D eigenvalue weighted by atomic mass is 10.1. The van der Waals surface area contributed by atoms with Crippen molar-refractivity contribution in [2.75, 3.05) is 26.2 Å². The highest BCUT2D eigenvalue weighted by molar-refractivity contribution is 4.66. The van der Waals surface area contributed by atoms with Crippen LogP contribution in [0.2, 0.25) is 0 Å². The van der Waals surface area contributed by atoms with Crippen LogP contribution in [-0.2, 0) is 0 Å². The lowest BCUT2D eigenvalue weighted by molar-refractivity contribution is 0.254. The van der Waals surface area contributed by atoms with Crippen LogP contribution < -0.4 is 5.32 Å². The van der Waals surface area contributed by atoms with Gasteiger partial charge in [-0.25, -0.2) is 0 Å². The highest BCUT2D eigenvalue weighted by Crippen LogP contribution is 2.06. The molecule has 110 valence electrons. The second kappa shape index (κ2) is 13.4. The molecule has 0 radical (unpaired) electrons. The van der Waals surface area contributed by atoms with Crippen LogP contribution in [-0.4, -0.2) is 37.1 Å². The first-order valence-corrected chi connectivity index (χ1v) is 8.24. The maximum absolute atomic E-state index is 3.57. The molecule has 0 aromatic heterocycles. The van der Waals surface area contributed by atoms with Crippen LogP contribution in [0.25, 0.3) is 0 Å². The molecule has 1 N–H and O–H groups in total. The van der Waals surface area contributed by atoms with Crippen LogP contribution in [0, 0.1) is 0 Å². The van der Waals surface area contributed by atoms with Crippen molar-refractivity contribution in [2.24, 2.45) is 0 Å². The Labute approximate surface area is 116 Å². The summed E-state index contributed by atoms with van der Waals surface area (Å²) >= 11 is 0. The van der Waals surface area contributed by atoms with Gasteiger partial charge in [0.15, 0.2) is 0 Å². The van der Waals surface area contributed by atoms with E-state index in [1.54, 1.807) is 0 Å². The summed E-state index contributed by atoms with van der Waals surface area (Å²) in [5.41, 5.74) is 0. The summed E-state index contributed by atoms with van der Waals surface area (Å²) in [5, 5.41) is 3.57. The van der Waals surface area contributed by atoms with Crippen LogP contribution in [0.3, 0.4) is 0 Å². The molecule has 0 bridgehead atoms. The Morgan fingerprint density at radius 3 is 1.83 bits per heavy atom. The van der Waals surface area contributed by atoms with Gasteiger partial charge in [0.25, 0.3) is 0 Å². The summed E-state index contributed by atoms with van der Waals surface area (Å²) < 4.78 is 0. The Morgan fingerprint density at radius 1 is 0.833 bits per heavy atom. The Kier molecular flexibility index (Phi) is 13.3. The summed E-state index contributed by atoms with van der Waals surface area (Å²) in [6.45, 7) is 14.1. The highest BCUT2D eigenvalue weighted by atomic mass is 15.1. The molecule has 18 heavy (non-hydrogen) atoms. The number of nitrogens with one attached hydrogen (secondary N) is 1. The van der Waals surface area contributed by atoms with E-state index in [0.29, 0.717) is 0 Å². The van der Waals surface area contributed by atoms with Gasteiger partial charge >= 0.3 is 0 Å². The number of rotatable bonds is 13. The fraction of sp³-hybridized carbons (Fsp3) is 1.00. The van der Waals surface area contributed by atoms with E-state index >= 15 is 0 Å². The summed E-state index contributed by atoms with van der Waals surface area (Å²) in [6, 6.07) is 0.731. The summed E-state index contributed by atoms with van der Waals surface area (Å²) in [5.74, 6) is 0. The topological polar surface area (TPSA) is 15.3 Å². The Morgan fingerprint density at radius 2 is 1.39 bits per heavy atom. The van der Waals surface area contributed by atoms with Gasteiger partial charge < -0.3 is 10.2 Å². The monoisotopic (exact) mass is 256 g/mol. The predicted octanol–water partition coefficient (Wildman–Crippen LogP) is 4.06. The van der Waals surface area contributed by atoms with Crippen LogP contribution in [0.15, 0.2) is 0 Å². The molecule has 0 aromatic carbocycles. The molecule has 0 saturated carbocycles. The summed E-state index contributed by atoms with van der Waals surface area (Å²) in [4.78, 5) is 2.67. The predicted molar refractivity (Wildman–Crippen MR) is 83.2 cm³/mol. The normalized spacial score (nSPS) is 13.2. The zero-order valence-electron chi connectivity index (χ0n) is 13.3. The van der Waals surface area contributed by atoms with E-state index in [2.05, 4.69) is 37.9 Å². The number of hydrogen-bond acceptors (Lipinski definition) is 2. The minimum atomic E-state index is 0.731. The van der Waals surface area contributed by atoms with Crippen molar-refractivity contribution in [1.82, 2.24) is 10.2 Å². The van der Waals surface area contributed by atoms with Crippen molar-refractivity contribution >= 4 is 0 Å². The first kappa shape index (κ1) is 17.9. The van der Waals surface area contributed by atoms with Crippen molar-refractivity contribution in [1.29, 1.82) is 0 Å². The van der Waals surface area contributed by atoms with Gasteiger partial charge in [0.1, 0.15) is 0 Å². The van der Waals surface area contributed by atoms with Crippen LogP contribution in [0.1, 0.15) is 72.6 Å². The smallest absolute Gasteiger partial charge is 0.00647 e. The van der Waals surface area contributed by atoms with Gasteiger partial charge in [-0.05, 0) is 58.3 Å². The van der Waals surface area contributed by atoms with Gasteiger partial charge in [0, 0.05) is 6.04 Å². The first-order chi connectivity index (χ1) is 8.78. The van der Waals surface area contributed by atoms with Gasteiger partial charge in [-0.15, -0.1) is 0 Å². The molecule has 2 heteroatoms. The first-order valence-electron chi connectivity index (χ1n) is 8.24. The molecule has 1 unspecified atom stereocenters. The van der Waals surface area contributed by atoms with Crippen LogP contribution >= 0.6 is 0 Å². The van der Waals surface area contributed by atoms with E-state index in [9.17, 15) is 0 Å². The Hall–Kier alpha value is -0.0800. The molecule has 0 aliphatic carbocycles. The molecule has 0 heterocycles. The third-order valence-electron chi connectivity index (χ3n) is 3.67. The maximum atomic E-state index is 3.57. The van der Waals surface area contributed by atoms with Crippen molar-refractivity contribution in [3.63, 3.8) is 0 Å². The highest BCUT2D eigenvalue weighted by Gasteiger charge is 2.07. The van der Waals surface area contributed by atoms with Gasteiger partial charge in [-0.1, -0.05) is 40.5 Å². The number of hydrogen-bond donors (Lipinski definition) is 1. The third kappa shape index (κ3) is 9.90. The van der Waals surface area contributed by atoms with E-state index in [4.69, 9.17) is 0 Å². The molecule has 0 rings (SSSR count). The lowest BCUT2D eigenvalue weighted by Crippen LogP contribution is -2.31. The minimum absolute atomic E-state index is 0.731. The fourth-order valence-corrected chi connectivity index (χ4v) is 2.40. The standard InChI is InChI=1S/C16H36N2/c1-5-9-13-18(14-10-6-2)15-11-12-16(7-3)17-8-4/h16-17H,5-15H2,1-4H3. The van der Waals surface area contributed by atoms with E-state index in [0.717, 1.165) is 12.6 Å². The molecule has 0 spiro atoms. The number of unbranched alkanes of at least 4 members (excludes halogenated alkanes) is 2. The number of nitrogens with zero attached hydrogens (tertiary/aromatic N) is 1. The summed E-state index contributed by atoms with van der Waals surface area (Å²) in [6.07, 6.45) is 9.28. The molecule has 1 atom stereocenters. The average molecular weight is 256 g/mol. The molecule has 0 saturated heterocycles. The molecule has 0 fully saturated rings. The SMILES string of the molecule is CCCCN(CCCC)CCCC(CC)NCC. The summed E-state index contributed by atoms with van der Waals surface area (Å²) in [7, 11) is 0. The molecule has 2 nitrogen and oxygen atoms in total. The molecular weight excluding hydrogens is 220 g/mol. The Bertz CT molecular complexity index is 151. The molecule has 0 amide bonds. The van der Waals surface area contributed by atoms with E-state index in [1.165, 1.54) is 64.6 Å². The van der Waals surface area contributed by atoms with E-state index in [1.807, 2.05) is 0 Å². The van der Waals surface area contributed by atoms with Gasteiger partial charge in [0.2, 0.25) is 0 Å². The molecule has 0 aliphatic rings. The Balaban J connectivity index is 3.77. The second-order valence-corrected chi connectivity index (χ2v) is 5.35. The molecule has 0 aromatic rings. The van der Waals surface area contributed by atoms with Gasteiger partial charge in [-0.3, -0.25) is 0 Å². The van der Waals surface area contributed by atoms with E-state index < -0.39 is 0 Å². The molecular formula is C16H36N2. The largest absolute Gasteiger partial charge is 0.314 e. The fourth-order valence-electron chi connectivity index (χ4n) is 2.40. The second-order valence-electron chi connectivity index (χ2n) is 5.35. The maximum Gasteiger partial charge on any atom is 0.00647 e. The van der Waals surface area contributed by atoms with Crippen molar-refractivity contribution in [3.8, 4) is 0 Å². The average Bonchev–Trinajstić information content (AvgIpc) is 2.40.